The molecule has 0 radical (unpaired) electrons. The van der Waals surface area contributed by atoms with Crippen molar-refractivity contribution in [3.05, 3.63) is 42.1 Å². The van der Waals surface area contributed by atoms with Crippen LogP contribution >= 0.6 is 0 Å². The van der Waals surface area contributed by atoms with Gasteiger partial charge in [-0.2, -0.15) is 0 Å². The first kappa shape index (κ1) is 15.9. The lowest BCUT2D eigenvalue weighted by Gasteiger charge is -2.31. The fourth-order valence-corrected chi connectivity index (χ4v) is 3.69. The number of rotatable bonds is 3. The Labute approximate surface area is 135 Å². The van der Waals surface area contributed by atoms with Gasteiger partial charge < -0.3 is 4.90 Å². The molecule has 2 heterocycles. The molecule has 0 spiro atoms. The predicted octanol–water partition coefficient (Wildman–Crippen LogP) is 1.39. The third-order valence-corrected chi connectivity index (χ3v) is 4.74. The summed E-state index contributed by atoms with van der Waals surface area (Å²) in [5.74, 6) is -0.103. The lowest BCUT2D eigenvalue weighted by molar-refractivity contribution is 0.0706. The summed E-state index contributed by atoms with van der Waals surface area (Å²) in [4.78, 5) is 18.7. The maximum Gasteiger partial charge on any atom is 0.272 e. The van der Waals surface area contributed by atoms with Gasteiger partial charge in [0, 0.05) is 24.5 Å². The van der Waals surface area contributed by atoms with Crippen molar-refractivity contribution in [1.82, 2.24) is 14.6 Å². The quantitative estimate of drug-likeness (QED) is 0.920. The van der Waals surface area contributed by atoms with Gasteiger partial charge >= 0.3 is 0 Å². The largest absolute Gasteiger partial charge is 0.337 e. The Kier molecular flexibility index (Phi) is 4.32. The maximum atomic E-state index is 12.6. The molecule has 0 bridgehead atoms. The van der Waals surface area contributed by atoms with E-state index in [4.69, 9.17) is 0 Å². The first-order chi connectivity index (χ1) is 10.9. The van der Waals surface area contributed by atoms with E-state index in [-0.39, 0.29) is 11.9 Å². The van der Waals surface area contributed by atoms with Crippen LogP contribution in [0, 0.1) is 0 Å². The number of nitrogens with one attached hydrogen (secondary N) is 1. The third kappa shape index (κ3) is 3.86. The zero-order valence-corrected chi connectivity index (χ0v) is 13.7. The van der Waals surface area contributed by atoms with E-state index < -0.39 is 10.0 Å². The Morgan fingerprint density at radius 3 is 2.57 bits per heavy atom. The van der Waals surface area contributed by atoms with Crippen molar-refractivity contribution in [2.45, 2.75) is 18.9 Å². The Bertz CT molecular complexity index is 827. The van der Waals surface area contributed by atoms with Crippen LogP contribution in [0.5, 0.6) is 0 Å². The molecule has 1 amide bonds. The molecule has 23 heavy (non-hydrogen) atoms. The third-order valence-electron chi connectivity index (χ3n) is 3.98. The summed E-state index contributed by atoms with van der Waals surface area (Å²) in [5.41, 5.74) is 1.23. The van der Waals surface area contributed by atoms with Gasteiger partial charge in [0.2, 0.25) is 10.0 Å². The second-order valence-electron chi connectivity index (χ2n) is 5.85. The number of sulfonamides is 1. The zero-order chi connectivity index (χ0) is 16.4. The van der Waals surface area contributed by atoms with E-state index in [0.29, 0.717) is 31.6 Å². The molecule has 1 aliphatic heterocycles. The number of carbonyl (C=O) groups excluding carboxylic acids is 1. The SMILES string of the molecule is CS(=O)(=O)NC1CCN(C(=O)c2ccc3ccccc3n2)CC1. The molecule has 6 nitrogen and oxygen atoms in total. The number of benzene rings is 1. The molecule has 0 atom stereocenters. The normalized spacial score (nSPS) is 16.7. The van der Waals surface area contributed by atoms with Crippen molar-refractivity contribution < 1.29 is 13.2 Å². The number of nitrogens with zero attached hydrogens (tertiary/aromatic N) is 2. The Balaban J connectivity index is 1.69. The van der Waals surface area contributed by atoms with Gasteiger partial charge in [-0.15, -0.1) is 0 Å². The van der Waals surface area contributed by atoms with Gasteiger partial charge in [-0.05, 0) is 25.0 Å². The number of carbonyl (C=O) groups is 1. The van der Waals surface area contributed by atoms with Crippen LogP contribution in [0.2, 0.25) is 0 Å². The molecule has 1 saturated heterocycles. The molecule has 122 valence electrons. The average molecular weight is 333 g/mol. The number of fused-ring (bicyclic) bond motifs is 1. The molecule has 1 aromatic carbocycles. The van der Waals surface area contributed by atoms with Crippen molar-refractivity contribution in [3.63, 3.8) is 0 Å². The molecule has 3 rings (SSSR count). The molecule has 2 aromatic rings. The fourth-order valence-electron chi connectivity index (χ4n) is 2.85. The second-order valence-corrected chi connectivity index (χ2v) is 7.63. The van der Waals surface area contributed by atoms with Gasteiger partial charge in [0.1, 0.15) is 5.69 Å². The van der Waals surface area contributed by atoms with Gasteiger partial charge in [0.25, 0.3) is 5.91 Å². The van der Waals surface area contributed by atoms with Crippen LogP contribution in [-0.2, 0) is 10.0 Å². The van der Waals surface area contributed by atoms with E-state index in [1.165, 1.54) is 0 Å². The highest BCUT2D eigenvalue weighted by molar-refractivity contribution is 7.88. The lowest BCUT2D eigenvalue weighted by Crippen LogP contribution is -2.46. The number of hydrogen-bond acceptors (Lipinski definition) is 4. The fraction of sp³-hybridized carbons (Fsp3) is 0.375. The first-order valence-electron chi connectivity index (χ1n) is 7.55. The summed E-state index contributed by atoms with van der Waals surface area (Å²) in [7, 11) is -3.20. The molecule has 7 heteroatoms. The van der Waals surface area contributed by atoms with E-state index in [0.717, 1.165) is 17.2 Å². The molecular formula is C16H19N3O3S. The number of piperidine rings is 1. The van der Waals surface area contributed by atoms with E-state index in [1.54, 1.807) is 11.0 Å². The molecular weight excluding hydrogens is 314 g/mol. The minimum absolute atomic E-state index is 0.0985. The van der Waals surface area contributed by atoms with Crippen LogP contribution in [0.4, 0.5) is 0 Å². The second kappa shape index (κ2) is 6.25. The average Bonchev–Trinajstić information content (AvgIpc) is 2.53. The minimum atomic E-state index is -3.20. The number of likely N-dealkylation sites (tertiary alicyclic amines) is 1. The number of para-hydroxylation sites is 1. The topological polar surface area (TPSA) is 79.4 Å². The molecule has 1 fully saturated rings. The molecule has 1 aromatic heterocycles. The van der Waals surface area contributed by atoms with Crippen molar-refractivity contribution in [3.8, 4) is 0 Å². The molecule has 0 unspecified atom stereocenters. The standard InChI is InChI=1S/C16H19N3O3S/c1-23(21,22)18-13-8-10-19(11-9-13)16(20)15-7-6-12-4-2-3-5-14(12)17-15/h2-7,13,18H,8-11H2,1H3. The van der Waals surface area contributed by atoms with Gasteiger partial charge in [-0.1, -0.05) is 24.3 Å². The lowest BCUT2D eigenvalue weighted by atomic mass is 10.1. The van der Waals surface area contributed by atoms with Gasteiger partial charge in [-0.25, -0.2) is 18.1 Å². The van der Waals surface area contributed by atoms with Crippen molar-refractivity contribution >= 4 is 26.8 Å². The molecule has 1 aliphatic rings. The monoisotopic (exact) mass is 333 g/mol. The summed E-state index contributed by atoms with van der Waals surface area (Å²) in [6, 6.07) is 11.2. The summed E-state index contributed by atoms with van der Waals surface area (Å²) in [6.07, 6.45) is 2.39. The number of hydrogen-bond donors (Lipinski definition) is 1. The highest BCUT2D eigenvalue weighted by Gasteiger charge is 2.25. The van der Waals surface area contributed by atoms with E-state index in [2.05, 4.69) is 9.71 Å². The van der Waals surface area contributed by atoms with Crippen molar-refractivity contribution in [2.24, 2.45) is 0 Å². The predicted molar refractivity (Wildman–Crippen MR) is 88.6 cm³/mol. The van der Waals surface area contributed by atoms with Crippen molar-refractivity contribution in [2.75, 3.05) is 19.3 Å². The van der Waals surface area contributed by atoms with E-state index >= 15 is 0 Å². The number of aromatic nitrogens is 1. The van der Waals surface area contributed by atoms with Gasteiger partial charge in [-0.3, -0.25) is 4.79 Å². The number of amides is 1. The smallest absolute Gasteiger partial charge is 0.272 e. The Morgan fingerprint density at radius 1 is 1.17 bits per heavy atom. The summed E-state index contributed by atoms with van der Waals surface area (Å²) < 4.78 is 25.1. The molecule has 0 aliphatic carbocycles. The highest BCUT2D eigenvalue weighted by Crippen LogP contribution is 2.16. The molecule has 1 N–H and O–H groups in total. The van der Waals surface area contributed by atoms with Crippen molar-refractivity contribution in [1.29, 1.82) is 0 Å². The summed E-state index contributed by atoms with van der Waals surface area (Å²) in [5, 5.41) is 1.00. The van der Waals surface area contributed by atoms with Crippen LogP contribution in [0.15, 0.2) is 36.4 Å². The summed E-state index contributed by atoms with van der Waals surface area (Å²) >= 11 is 0. The number of pyridine rings is 1. The van der Waals surface area contributed by atoms with E-state index in [9.17, 15) is 13.2 Å². The Morgan fingerprint density at radius 2 is 1.87 bits per heavy atom. The van der Waals surface area contributed by atoms with Crippen LogP contribution < -0.4 is 4.72 Å². The van der Waals surface area contributed by atoms with Gasteiger partial charge in [0.15, 0.2) is 0 Å². The Hall–Kier alpha value is -1.99. The molecule has 0 saturated carbocycles. The van der Waals surface area contributed by atoms with Crippen LogP contribution in [0.1, 0.15) is 23.3 Å². The first-order valence-corrected chi connectivity index (χ1v) is 9.44. The van der Waals surface area contributed by atoms with Gasteiger partial charge in [0.05, 0.1) is 11.8 Å². The van der Waals surface area contributed by atoms with E-state index in [1.807, 2.05) is 30.3 Å². The van der Waals surface area contributed by atoms with Crippen LogP contribution in [0.3, 0.4) is 0 Å². The highest BCUT2D eigenvalue weighted by atomic mass is 32.2. The van der Waals surface area contributed by atoms with Crippen LogP contribution in [-0.4, -0.2) is 49.6 Å². The summed E-state index contributed by atoms with van der Waals surface area (Å²) in [6.45, 7) is 1.06. The maximum absolute atomic E-state index is 12.6. The zero-order valence-electron chi connectivity index (χ0n) is 12.9. The minimum Gasteiger partial charge on any atom is -0.337 e. The van der Waals surface area contributed by atoms with Crippen LogP contribution in [0.25, 0.3) is 10.9 Å².